The Kier molecular flexibility index (Phi) is 5.47. The second kappa shape index (κ2) is 6.64. The number of azide groups is 1. The summed E-state index contributed by atoms with van der Waals surface area (Å²) in [6, 6.07) is 1.47. The van der Waals surface area contributed by atoms with Gasteiger partial charge in [0, 0.05) is 23.2 Å². The average Bonchev–Trinajstić information content (AvgIpc) is 2.32. The summed E-state index contributed by atoms with van der Waals surface area (Å²) in [5.74, 6) is 0. The zero-order valence-corrected chi connectivity index (χ0v) is 10.2. The van der Waals surface area contributed by atoms with Crippen molar-refractivity contribution in [3.05, 3.63) is 38.4 Å². The number of hydrogen-bond acceptors (Lipinski definition) is 4. The standard InChI is InChI=1S/C9H10Cl2N4O2/c10-7-5(1-3-13-9(7)11)8(17)6(16)2-4-14-15-12/h1,3,6,8,16-17H,2,4H2. The smallest absolute Gasteiger partial charge is 0.147 e. The van der Waals surface area contributed by atoms with Crippen LogP contribution in [0.5, 0.6) is 0 Å². The molecule has 8 heteroatoms. The van der Waals surface area contributed by atoms with Gasteiger partial charge in [0.15, 0.2) is 0 Å². The van der Waals surface area contributed by atoms with Crippen LogP contribution in [0.25, 0.3) is 10.4 Å². The lowest BCUT2D eigenvalue weighted by Crippen LogP contribution is -2.19. The number of aliphatic hydroxyl groups is 2. The summed E-state index contributed by atoms with van der Waals surface area (Å²) in [4.78, 5) is 6.28. The number of hydrogen-bond donors (Lipinski definition) is 2. The van der Waals surface area contributed by atoms with Gasteiger partial charge in [-0.2, -0.15) is 0 Å². The second-order valence-corrected chi connectivity index (χ2v) is 4.00. The molecule has 0 amide bonds. The zero-order valence-electron chi connectivity index (χ0n) is 8.66. The molecule has 1 rings (SSSR count). The Hall–Kier alpha value is -1.04. The number of aromatic nitrogens is 1. The van der Waals surface area contributed by atoms with Crippen LogP contribution in [0.15, 0.2) is 17.4 Å². The van der Waals surface area contributed by atoms with Crippen molar-refractivity contribution in [2.45, 2.75) is 18.6 Å². The van der Waals surface area contributed by atoms with Crippen molar-refractivity contribution in [2.75, 3.05) is 6.54 Å². The van der Waals surface area contributed by atoms with E-state index in [-0.39, 0.29) is 23.1 Å². The first kappa shape index (κ1) is 14.0. The van der Waals surface area contributed by atoms with Crippen LogP contribution in [0.4, 0.5) is 0 Å². The molecule has 0 aliphatic heterocycles. The Morgan fingerprint density at radius 1 is 1.47 bits per heavy atom. The number of pyridine rings is 1. The maximum atomic E-state index is 9.84. The number of aliphatic hydroxyl groups excluding tert-OH is 2. The number of rotatable bonds is 5. The highest BCUT2D eigenvalue weighted by Crippen LogP contribution is 2.30. The van der Waals surface area contributed by atoms with Crippen LogP contribution in [-0.2, 0) is 0 Å². The van der Waals surface area contributed by atoms with Crippen molar-refractivity contribution in [2.24, 2.45) is 5.11 Å². The molecule has 92 valence electrons. The maximum Gasteiger partial charge on any atom is 0.147 e. The summed E-state index contributed by atoms with van der Waals surface area (Å²) in [6.07, 6.45) is -0.776. The second-order valence-electron chi connectivity index (χ2n) is 3.26. The number of nitrogens with zero attached hydrogens (tertiary/aromatic N) is 4. The predicted molar refractivity (Wildman–Crippen MR) is 63.9 cm³/mol. The first-order chi connectivity index (χ1) is 8.07. The molecule has 0 aliphatic carbocycles. The van der Waals surface area contributed by atoms with Crippen molar-refractivity contribution in [3.63, 3.8) is 0 Å². The Bertz CT molecular complexity index is 437. The van der Waals surface area contributed by atoms with Gasteiger partial charge < -0.3 is 10.2 Å². The van der Waals surface area contributed by atoms with Gasteiger partial charge >= 0.3 is 0 Å². The zero-order chi connectivity index (χ0) is 12.8. The molecular formula is C9H10Cl2N4O2. The molecule has 1 aromatic rings. The van der Waals surface area contributed by atoms with Crippen molar-refractivity contribution >= 4 is 23.2 Å². The molecule has 1 aromatic heterocycles. The third kappa shape index (κ3) is 3.73. The minimum Gasteiger partial charge on any atom is -0.390 e. The fourth-order valence-corrected chi connectivity index (χ4v) is 1.65. The van der Waals surface area contributed by atoms with E-state index in [0.717, 1.165) is 0 Å². The Morgan fingerprint density at radius 3 is 2.82 bits per heavy atom. The van der Waals surface area contributed by atoms with E-state index in [0.29, 0.717) is 5.56 Å². The molecule has 2 unspecified atom stereocenters. The lowest BCUT2D eigenvalue weighted by molar-refractivity contribution is 0.0150. The van der Waals surface area contributed by atoms with Gasteiger partial charge in [-0.1, -0.05) is 28.3 Å². The third-order valence-electron chi connectivity index (χ3n) is 2.15. The quantitative estimate of drug-likeness (QED) is 0.374. The first-order valence-electron chi connectivity index (χ1n) is 4.74. The summed E-state index contributed by atoms with van der Waals surface area (Å²) in [5, 5.41) is 22.9. The van der Waals surface area contributed by atoms with Crippen molar-refractivity contribution in [1.82, 2.24) is 4.98 Å². The van der Waals surface area contributed by atoms with Crippen LogP contribution in [0.2, 0.25) is 10.2 Å². The van der Waals surface area contributed by atoms with Crippen LogP contribution >= 0.6 is 23.2 Å². The summed E-state index contributed by atoms with van der Waals surface area (Å²) in [5.41, 5.74) is 8.37. The monoisotopic (exact) mass is 276 g/mol. The van der Waals surface area contributed by atoms with Crippen LogP contribution in [0, 0.1) is 0 Å². The van der Waals surface area contributed by atoms with Gasteiger partial charge in [-0.25, -0.2) is 4.98 Å². The van der Waals surface area contributed by atoms with Gasteiger partial charge in [-0.05, 0) is 18.0 Å². The van der Waals surface area contributed by atoms with Crippen molar-refractivity contribution < 1.29 is 10.2 Å². The summed E-state index contributed by atoms with van der Waals surface area (Å²) in [6.45, 7) is 0.0885. The molecule has 0 radical (unpaired) electrons. The summed E-state index contributed by atoms with van der Waals surface area (Å²) in [7, 11) is 0. The Labute approximate surface area is 107 Å². The molecule has 0 aliphatic rings. The van der Waals surface area contributed by atoms with E-state index < -0.39 is 12.2 Å². The van der Waals surface area contributed by atoms with E-state index in [4.69, 9.17) is 28.7 Å². The Morgan fingerprint density at radius 2 is 2.18 bits per heavy atom. The Balaban J connectivity index is 2.77. The predicted octanol–water partition coefficient (Wildman–Crippen LogP) is 2.48. The highest BCUT2D eigenvalue weighted by atomic mass is 35.5. The normalized spacial score (nSPS) is 13.9. The van der Waals surface area contributed by atoms with E-state index in [9.17, 15) is 10.2 Å². The molecule has 2 atom stereocenters. The largest absolute Gasteiger partial charge is 0.390 e. The van der Waals surface area contributed by atoms with E-state index >= 15 is 0 Å². The fraction of sp³-hybridized carbons (Fsp3) is 0.444. The molecule has 6 nitrogen and oxygen atoms in total. The van der Waals surface area contributed by atoms with Gasteiger partial charge in [-0.3, -0.25) is 0 Å². The van der Waals surface area contributed by atoms with Crippen LogP contribution in [0.1, 0.15) is 18.1 Å². The van der Waals surface area contributed by atoms with Gasteiger partial charge in [0.2, 0.25) is 0 Å². The first-order valence-corrected chi connectivity index (χ1v) is 5.50. The van der Waals surface area contributed by atoms with E-state index in [1.807, 2.05) is 0 Å². The van der Waals surface area contributed by atoms with Crippen LogP contribution in [0.3, 0.4) is 0 Å². The van der Waals surface area contributed by atoms with Crippen LogP contribution < -0.4 is 0 Å². The topological polar surface area (TPSA) is 102 Å². The lowest BCUT2D eigenvalue weighted by Gasteiger charge is -2.18. The molecule has 2 N–H and O–H groups in total. The fourth-order valence-electron chi connectivity index (χ4n) is 1.26. The van der Waals surface area contributed by atoms with Gasteiger partial charge in [0.25, 0.3) is 0 Å². The van der Waals surface area contributed by atoms with Crippen molar-refractivity contribution in [1.29, 1.82) is 0 Å². The number of halogens is 2. The molecule has 0 aromatic carbocycles. The van der Waals surface area contributed by atoms with Gasteiger partial charge in [-0.15, -0.1) is 0 Å². The van der Waals surface area contributed by atoms with E-state index in [1.165, 1.54) is 12.3 Å². The molecule has 0 bridgehead atoms. The molecule has 0 saturated carbocycles. The van der Waals surface area contributed by atoms with Crippen molar-refractivity contribution in [3.8, 4) is 0 Å². The van der Waals surface area contributed by atoms with E-state index in [1.54, 1.807) is 0 Å². The minimum absolute atomic E-state index is 0.0606. The average molecular weight is 277 g/mol. The summed E-state index contributed by atoms with van der Waals surface area (Å²) < 4.78 is 0. The van der Waals surface area contributed by atoms with Crippen LogP contribution in [-0.4, -0.2) is 27.8 Å². The highest BCUT2D eigenvalue weighted by molar-refractivity contribution is 6.41. The SMILES string of the molecule is [N-]=[N+]=NCCC(O)C(O)c1ccnc(Cl)c1Cl. The summed E-state index contributed by atoms with van der Waals surface area (Å²) >= 11 is 11.5. The molecule has 17 heavy (non-hydrogen) atoms. The molecule has 0 fully saturated rings. The van der Waals surface area contributed by atoms with E-state index in [2.05, 4.69) is 15.0 Å². The maximum absolute atomic E-state index is 9.84. The minimum atomic E-state index is -1.20. The molecule has 0 saturated heterocycles. The lowest BCUT2D eigenvalue weighted by atomic mass is 10.0. The molecule has 1 heterocycles. The molecular weight excluding hydrogens is 267 g/mol. The third-order valence-corrected chi connectivity index (χ3v) is 2.93. The van der Waals surface area contributed by atoms with Gasteiger partial charge in [0.05, 0.1) is 11.1 Å². The molecule has 0 spiro atoms. The highest BCUT2D eigenvalue weighted by Gasteiger charge is 2.21. The van der Waals surface area contributed by atoms with Gasteiger partial charge in [0.1, 0.15) is 11.3 Å².